The fourth-order valence-electron chi connectivity index (χ4n) is 3.13. The molecule has 2 aliphatic heterocycles. The summed E-state index contributed by atoms with van der Waals surface area (Å²) in [7, 11) is 0. The maximum Gasteiger partial charge on any atom is 0.0718 e. The van der Waals surface area contributed by atoms with E-state index in [1.165, 1.54) is 32.4 Å². The van der Waals surface area contributed by atoms with E-state index < -0.39 is 5.60 Å². The van der Waals surface area contributed by atoms with Crippen molar-refractivity contribution in [2.75, 3.05) is 26.2 Å². The van der Waals surface area contributed by atoms with E-state index in [0.29, 0.717) is 6.04 Å². The van der Waals surface area contributed by atoms with Gasteiger partial charge in [0.05, 0.1) is 5.60 Å². The Morgan fingerprint density at radius 2 is 2.00 bits per heavy atom. The van der Waals surface area contributed by atoms with E-state index in [9.17, 15) is 5.11 Å². The van der Waals surface area contributed by atoms with Gasteiger partial charge < -0.3 is 5.11 Å². The monoisotopic (exact) mass is 226 g/mol. The molecule has 0 spiro atoms. The molecule has 0 aliphatic carbocycles. The van der Waals surface area contributed by atoms with Crippen LogP contribution in [0.4, 0.5) is 0 Å². The van der Waals surface area contributed by atoms with E-state index in [-0.39, 0.29) is 0 Å². The number of hydrogen-bond acceptors (Lipinski definition) is 3. The molecule has 2 rings (SSSR count). The van der Waals surface area contributed by atoms with Crippen LogP contribution in [0.2, 0.25) is 0 Å². The molecule has 3 nitrogen and oxygen atoms in total. The number of aliphatic hydroxyl groups is 1. The summed E-state index contributed by atoms with van der Waals surface area (Å²) in [6.45, 7) is 10.5. The average molecular weight is 226 g/mol. The average Bonchev–Trinajstić information content (AvgIpc) is 2.17. The van der Waals surface area contributed by atoms with Crippen LogP contribution >= 0.6 is 0 Å². The van der Waals surface area contributed by atoms with Crippen LogP contribution in [-0.4, -0.2) is 58.8 Å². The molecule has 0 bridgehead atoms. The molecule has 0 amide bonds. The molecular formula is C13H26N2O. The summed E-state index contributed by atoms with van der Waals surface area (Å²) in [6.07, 6.45) is 4.09. The molecule has 2 fully saturated rings. The summed E-state index contributed by atoms with van der Waals surface area (Å²) in [5.74, 6) is 0. The lowest BCUT2D eigenvalue weighted by Gasteiger charge is -2.48. The van der Waals surface area contributed by atoms with Crippen LogP contribution in [-0.2, 0) is 0 Å². The fourth-order valence-corrected chi connectivity index (χ4v) is 3.13. The Bertz CT molecular complexity index is 237. The van der Waals surface area contributed by atoms with Gasteiger partial charge in [-0.25, -0.2) is 0 Å². The molecule has 2 saturated heterocycles. The minimum absolute atomic E-state index is 0.564. The van der Waals surface area contributed by atoms with Gasteiger partial charge in [-0.3, -0.25) is 9.80 Å². The molecule has 0 aromatic heterocycles. The molecule has 2 atom stereocenters. The lowest BCUT2D eigenvalue weighted by Crippen LogP contribution is -2.60. The third-order valence-electron chi connectivity index (χ3n) is 3.91. The van der Waals surface area contributed by atoms with Gasteiger partial charge in [-0.05, 0) is 40.2 Å². The molecule has 94 valence electrons. The lowest BCUT2D eigenvalue weighted by molar-refractivity contribution is -0.0324. The lowest BCUT2D eigenvalue weighted by atomic mass is 9.96. The van der Waals surface area contributed by atoms with Gasteiger partial charge in [0.25, 0.3) is 0 Å². The number of piperidine rings is 1. The SMILES string of the molecule is CC1CN2CCCCC2CN1CC(C)(C)O. The van der Waals surface area contributed by atoms with Gasteiger partial charge in [-0.15, -0.1) is 0 Å². The number of nitrogens with zero attached hydrogens (tertiary/aromatic N) is 2. The predicted octanol–water partition coefficient (Wildman–Crippen LogP) is 1.32. The standard InChI is InChI=1S/C13H26N2O/c1-11-8-14-7-5-4-6-12(14)9-15(11)10-13(2,3)16/h11-12,16H,4-10H2,1-3H3. The molecular weight excluding hydrogens is 200 g/mol. The first-order valence-corrected chi connectivity index (χ1v) is 6.66. The quantitative estimate of drug-likeness (QED) is 0.769. The molecule has 1 N–H and O–H groups in total. The maximum atomic E-state index is 9.93. The summed E-state index contributed by atoms with van der Waals surface area (Å²) in [6, 6.07) is 1.33. The minimum atomic E-state index is -0.564. The molecule has 2 aliphatic rings. The van der Waals surface area contributed by atoms with Crippen molar-refractivity contribution >= 4 is 0 Å². The van der Waals surface area contributed by atoms with Crippen LogP contribution in [0.3, 0.4) is 0 Å². The zero-order valence-electron chi connectivity index (χ0n) is 10.9. The largest absolute Gasteiger partial charge is 0.389 e. The number of fused-ring (bicyclic) bond motifs is 1. The van der Waals surface area contributed by atoms with Crippen LogP contribution in [0.1, 0.15) is 40.0 Å². The third kappa shape index (κ3) is 2.96. The Kier molecular flexibility index (Phi) is 3.57. The highest BCUT2D eigenvalue weighted by molar-refractivity contribution is 4.90. The van der Waals surface area contributed by atoms with Crippen molar-refractivity contribution in [3.05, 3.63) is 0 Å². The number of rotatable bonds is 2. The predicted molar refractivity (Wildman–Crippen MR) is 66.5 cm³/mol. The normalized spacial score (nSPS) is 33.8. The summed E-state index contributed by atoms with van der Waals surface area (Å²) in [5.41, 5.74) is -0.564. The fraction of sp³-hybridized carbons (Fsp3) is 1.00. The van der Waals surface area contributed by atoms with E-state index >= 15 is 0 Å². The Labute approximate surface area is 99.4 Å². The van der Waals surface area contributed by atoms with Gasteiger partial charge in [-0.2, -0.15) is 0 Å². The van der Waals surface area contributed by atoms with Crippen LogP contribution in [0.15, 0.2) is 0 Å². The van der Waals surface area contributed by atoms with Crippen molar-refractivity contribution in [3.8, 4) is 0 Å². The molecule has 2 unspecified atom stereocenters. The minimum Gasteiger partial charge on any atom is -0.389 e. The van der Waals surface area contributed by atoms with E-state index in [2.05, 4.69) is 16.7 Å². The molecule has 0 aromatic rings. The van der Waals surface area contributed by atoms with Gasteiger partial charge >= 0.3 is 0 Å². The van der Waals surface area contributed by atoms with Crippen molar-refractivity contribution in [3.63, 3.8) is 0 Å². The van der Waals surface area contributed by atoms with Crippen molar-refractivity contribution in [1.82, 2.24) is 9.80 Å². The van der Waals surface area contributed by atoms with Crippen LogP contribution in [0.25, 0.3) is 0 Å². The maximum absolute atomic E-state index is 9.93. The molecule has 0 radical (unpaired) electrons. The first-order valence-electron chi connectivity index (χ1n) is 6.66. The molecule has 0 saturated carbocycles. The van der Waals surface area contributed by atoms with Crippen molar-refractivity contribution in [2.45, 2.75) is 57.7 Å². The summed E-state index contributed by atoms with van der Waals surface area (Å²) in [4.78, 5) is 5.11. The Morgan fingerprint density at radius 1 is 1.25 bits per heavy atom. The van der Waals surface area contributed by atoms with E-state index in [1.54, 1.807) is 0 Å². The van der Waals surface area contributed by atoms with Crippen molar-refractivity contribution < 1.29 is 5.11 Å². The van der Waals surface area contributed by atoms with Gasteiger partial charge in [0.2, 0.25) is 0 Å². The smallest absolute Gasteiger partial charge is 0.0718 e. The van der Waals surface area contributed by atoms with E-state index in [0.717, 1.165) is 19.1 Å². The zero-order chi connectivity index (χ0) is 11.8. The van der Waals surface area contributed by atoms with Gasteiger partial charge in [-0.1, -0.05) is 6.42 Å². The summed E-state index contributed by atoms with van der Waals surface area (Å²) in [5, 5.41) is 9.93. The van der Waals surface area contributed by atoms with E-state index in [4.69, 9.17) is 0 Å². The first kappa shape index (κ1) is 12.3. The third-order valence-corrected chi connectivity index (χ3v) is 3.91. The van der Waals surface area contributed by atoms with Crippen LogP contribution in [0, 0.1) is 0 Å². The van der Waals surface area contributed by atoms with Gasteiger partial charge in [0.1, 0.15) is 0 Å². The summed E-state index contributed by atoms with van der Waals surface area (Å²) >= 11 is 0. The number of piperazine rings is 1. The Morgan fingerprint density at radius 3 is 2.69 bits per heavy atom. The highest BCUT2D eigenvalue weighted by Crippen LogP contribution is 2.24. The molecule has 3 heteroatoms. The molecule has 0 aromatic carbocycles. The second kappa shape index (κ2) is 4.63. The zero-order valence-corrected chi connectivity index (χ0v) is 10.9. The van der Waals surface area contributed by atoms with Crippen LogP contribution < -0.4 is 0 Å². The number of β-amino-alcohol motifs (C(OH)–C–C–N with tert-alkyl or cyclic N) is 1. The second-order valence-corrected chi connectivity index (χ2v) is 6.24. The van der Waals surface area contributed by atoms with Gasteiger partial charge in [0, 0.05) is 31.7 Å². The van der Waals surface area contributed by atoms with Crippen molar-refractivity contribution in [2.24, 2.45) is 0 Å². The van der Waals surface area contributed by atoms with Crippen LogP contribution in [0.5, 0.6) is 0 Å². The molecule has 2 heterocycles. The topological polar surface area (TPSA) is 26.7 Å². The van der Waals surface area contributed by atoms with Crippen molar-refractivity contribution in [1.29, 1.82) is 0 Å². The first-order chi connectivity index (χ1) is 7.46. The number of hydrogen-bond donors (Lipinski definition) is 1. The van der Waals surface area contributed by atoms with E-state index in [1.807, 2.05) is 13.8 Å². The highest BCUT2D eigenvalue weighted by Gasteiger charge is 2.34. The second-order valence-electron chi connectivity index (χ2n) is 6.24. The summed E-state index contributed by atoms with van der Waals surface area (Å²) < 4.78 is 0. The molecule has 16 heavy (non-hydrogen) atoms. The highest BCUT2D eigenvalue weighted by atomic mass is 16.3. The van der Waals surface area contributed by atoms with Gasteiger partial charge in [0.15, 0.2) is 0 Å². The Hall–Kier alpha value is -0.120. The Balaban J connectivity index is 1.95.